The Bertz CT molecular complexity index is 563. The maximum absolute atomic E-state index is 12.2. The highest BCUT2D eigenvalue weighted by Gasteiger charge is 2.10. The Kier molecular flexibility index (Phi) is 5.06. The van der Waals surface area contributed by atoms with Gasteiger partial charge in [-0.2, -0.15) is 0 Å². The monoisotopic (exact) mass is 290 g/mol. The quantitative estimate of drug-likeness (QED) is 0.577. The van der Waals surface area contributed by atoms with Crippen molar-refractivity contribution in [2.45, 2.75) is 17.7 Å². The first-order valence-electron chi connectivity index (χ1n) is 6.11. The van der Waals surface area contributed by atoms with E-state index in [0.717, 1.165) is 27.5 Å². The number of ketones is 1. The summed E-state index contributed by atoms with van der Waals surface area (Å²) in [5.41, 5.74) is 1.96. The van der Waals surface area contributed by atoms with Gasteiger partial charge in [0, 0.05) is 21.9 Å². The van der Waals surface area contributed by atoms with Crippen molar-refractivity contribution < 1.29 is 4.79 Å². The lowest BCUT2D eigenvalue weighted by atomic mass is 10.0. The molecule has 2 aromatic rings. The minimum atomic E-state index is 0.194. The van der Waals surface area contributed by atoms with Crippen LogP contribution in [0.3, 0.4) is 0 Å². The fraction of sp³-hybridized carbons (Fsp3) is 0.188. The van der Waals surface area contributed by atoms with E-state index in [1.165, 1.54) is 0 Å². The molecule has 0 aliphatic carbocycles. The molecule has 1 nitrogen and oxygen atoms in total. The predicted octanol–water partition coefficient (Wildman–Crippen LogP) is 4.88. The van der Waals surface area contributed by atoms with Crippen molar-refractivity contribution in [3.8, 4) is 0 Å². The predicted molar refractivity (Wildman–Crippen MR) is 82.3 cm³/mol. The van der Waals surface area contributed by atoms with Gasteiger partial charge in [-0.05, 0) is 36.4 Å². The molecule has 0 saturated carbocycles. The number of aryl methyl sites for hydroxylation is 1. The van der Waals surface area contributed by atoms with Crippen molar-refractivity contribution in [3.05, 3.63) is 64.7 Å². The molecule has 0 amide bonds. The topological polar surface area (TPSA) is 17.1 Å². The van der Waals surface area contributed by atoms with Crippen molar-refractivity contribution in [1.82, 2.24) is 0 Å². The molecular formula is C16H15ClOS. The van der Waals surface area contributed by atoms with Gasteiger partial charge in [-0.1, -0.05) is 41.9 Å². The standard InChI is InChI=1S/C16H15ClOS/c1-19-16-5-3-2-4-14(16)15(18)11-8-12-6-9-13(17)10-7-12/h2-7,9-10H,8,11H2,1H3. The van der Waals surface area contributed by atoms with Gasteiger partial charge >= 0.3 is 0 Å². The Labute approximate surface area is 123 Å². The van der Waals surface area contributed by atoms with Gasteiger partial charge in [0.05, 0.1) is 0 Å². The van der Waals surface area contributed by atoms with Crippen molar-refractivity contribution in [2.75, 3.05) is 6.26 Å². The van der Waals surface area contributed by atoms with Crippen LogP contribution in [0.25, 0.3) is 0 Å². The molecule has 0 atom stereocenters. The van der Waals surface area contributed by atoms with Crippen molar-refractivity contribution in [2.24, 2.45) is 0 Å². The van der Waals surface area contributed by atoms with Gasteiger partial charge in [0.2, 0.25) is 0 Å². The molecule has 2 aromatic carbocycles. The molecule has 3 heteroatoms. The van der Waals surface area contributed by atoms with Gasteiger partial charge in [-0.25, -0.2) is 0 Å². The Morgan fingerprint density at radius 2 is 1.79 bits per heavy atom. The van der Waals surface area contributed by atoms with Gasteiger partial charge in [0.15, 0.2) is 5.78 Å². The number of carbonyl (C=O) groups is 1. The minimum Gasteiger partial charge on any atom is -0.294 e. The Balaban J connectivity index is 2.03. The molecule has 0 unspecified atom stereocenters. The van der Waals surface area contributed by atoms with Crippen LogP contribution in [-0.4, -0.2) is 12.0 Å². The number of rotatable bonds is 5. The number of hydrogen-bond donors (Lipinski definition) is 0. The molecule has 19 heavy (non-hydrogen) atoms. The van der Waals surface area contributed by atoms with Gasteiger partial charge in [-0.3, -0.25) is 4.79 Å². The summed E-state index contributed by atoms with van der Waals surface area (Å²) in [5.74, 6) is 0.194. The van der Waals surface area contributed by atoms with E-state index in [0.29, 0.717) is 6.42 Å². The van der Waals surface area contributed by atoms with E-state index in [9.17, 15) is 4.79 Å². The highest BCUT2D eigenvalue weighted by molar-refractivity contribution is 7.98. The lowest BCUT2D eigenvalue weighted by Crippen LogP contribution is -2.02. The van der Waals surface area contributed by atoms with E-state index < -0.39 is 0 Å². The highest BCUT2D eigenvalue weighted by atomic mass is 35.5. The molecule has 0 bridgehead atoms. The summed E-state index contributed by atoms with van der Waals surface area (Å²) in [6.45, 7) is 0. The van der Waals surface area contributed by atoms with E-state index in [2.05, 4.69) is 0 Å². The minimum absolute atomic E-state index is 0.194. The maximum atomic E-state index is 12.2. The van der Waals surface area contributed by atoms with Crippen LogP contribution >= 0.6 is 23.4 Å². The Morgan fingerprint density at radius 1 is 1.11 bits per heavy atom. The number of Topliss-reactive ketones (excluding diaryl/α,β-unsaturated/α-hetero) is 1. The third kappa shape index (κ3) is 3.85. The van der Waals surface area contributed by atoms with Crippen LogP contribution in [0.15, 0.2) is 53.4 Å². The first kappa shape index (κ1) is 14.2. The molecular weight excluding hydrogens is 276 g/mol. The van der Waals surface area contributed by atoms with Crippen molar-refractivity contribution in [1.29, 1.82) is 0 Å². The average molecular weight is 291 g/mol. The lowest BCUT2D eigenvalue weighted by molar-refractivity contribution is 0.0980. The number of carbonyl (C=O) groups excluding carboxylic acids is 1. The number of benzene rings is 2. The zero-order chi connectivity index (χ0) is 13.7. The van der Waals surface area contributed by atoms with Gasteiger partial charge in [0.25, 0.3) is 0 Å². The van der Waals surface area contributed by atoms with Crippen LogP contribution in [0.5, 0.6) is 0 Å². The van der Waals surface area contributed by atoms with E-state index in [-0.39, 0.29) is 5.78 Å². The summed E-state index contributed by atoms with van der Waals surface area (Å²) in [7, 11) is 0. The molecule has 0 fully saturated rings. The molecule has 0 radical (unpaired) electrons. The maximum Gasteiger partial charge on any atom is 0.164 e. The highest BCUT2D eigenvalue weighted by Crippen LogP contribution is 2.22. The molecule has 0 aliphatic rings. The molecule has 0 N–H and O–H groups in total. The summed E-state index contributed by atoms with van der Waals surface area (Å²) in [6, 6.07) is 15.4. The fourth-order valence-corrected chi connectivity index (χ4v) is 2.66. The summed E-state index contributed by atoms with van der Waals surface area (Å²) in [4.78, 5) is 13.3. The fourth-order valence-electron chi connectivity index (χ4n) is 1.92. The van der Waals surface area contributed by atoms with Crippen LogP contribution in [0.2, 0.25) is 5.02 Å². The van der Waals surface area contributed by atoms with Crippen LogP contribution in [0.1, 0.15) is 22.3 Å². The first-order chi connectivity index (χ1) is 9.20. The van der Waals surface area contributed by atoms with Gasteiger partial charge < -0.3 is 0 Å². The van der Waals surface area contributed by atoms with Crippen LogP contribution in [-0.2, 0) is 6.42 Å². The SMILES string of the molecule is CSc1ccccc1C(=O)CCc1ccc(Cl)cc1. The summed E-state index contributed by atoms with van der Waals surface area (Å²) in [6.07, 6.45) is 3.27. The van der Waals surface area contributed by atoms with Gasteiger partial charge in [-0.15, -0.1) is 11.8 Å². The molecule has 0 heterocycles. The Hall–Kier alpha value is -1.25. The second-order valence-electron chi connectivity index (χ2n) is 4.25. The van der Waals surface area contributed by atoms with E-state index >= 15 is 0 Å². The van der Waals surface area contributed by atoms with Crippen LogP contribution in [0.4, 0.5) is 0 Å². The first-order valence-corrected chi connectivity index (χ1v) is 7.71. The van der Waals surface area contributed by atoms with Crippen molar-refractivity contribution in [3.63, 3.8) is 0 Å². The third-order valence-electron chi connectivity index (χ3n) is 2.96. The van der Waals surface area contributed by atoms with Crippen molar-refractivity contribution >= 4 is 29.1 Å². The molecule has 0 spiro atoms. The van der Waals surface area contributed by atoms with E-state index in [1.807, 2.05) is 54.8 Å². The Morgan fingerprint density at radius 3 is 2.47 bits per heavy atom. The van der Waals surface area contributed by atoms with Gasteiger partial charge in [0.1, 0.15) is 0 Å². The second kappa shape index (κ2) is 6.78. The lowest BCUT2D eigenvalue weighted by Gasteiger charge is -2.06. The second-order valence-corrected chi connectivity index (χ2v) is 5.53. The average Bonchev–Trinajstić information content (AvgIpc) is 2.46. The molecule has 98 valence electrons. The molecule has 2 rings (SSSR count). The van der Waals surface area contributed by atoms with Crippen LogP contribution < -0.4 is 0 Å². The molecule has 0 aliphatic heterocycles. The number of thioether (sulfide) groups is 1. The summed E-state index contributed by atoms with van der Waals surface area (Å²) >= 11 is 7.45. The smallest absolute Gasteiger partial charge is 0.164 e. The normalized spacial score (nSPS) is 10.4. The number of hydrogen-bond acceptors (Lipinski definition) is 2. The number of halogens is 1. The zero-order valence-corrected chi connectivity index (χ0v) is 12.3. The molecule has 0 saturated heterocycles. The summed E-state index contributed by atoms with van der Waals surface area (Å²) < 4.78 is 0. The third-order valence-corrected chi connectivity index (χ3v) is 4.01. The summed E-state index contributed by atoms with van der Waals surface area (Å²) in [5, 5.41) is 0.725. The largest absolute Gasteiger partial charge is 0.294 e. The molecule has 0 aromatic heterocycles. The van der Waals surface area contributed by atoms with Crippen LogP contribution in [0, 0.1) is 0 Å². The van der Waals surface area contributed by atoms with E-state index in [4.69, 9.17) is 11.6 Å². The zero-order valence-electron chi connectivity index (χ0n) is 10.7. The van der Waals surface area contributed by atoms with E-state index in [1.54, 1.807) is 11.8 Å².